The van der Waals surface area contributed by atoms with Gasteiger partial charge in [-0.25, -0.2) is 0 Å². The number of hydrogen-bond donors (Lipinski definition) is 0. The molecular formula is C12H8ClF3N2O. The van der Waals surface area contributed by atoms with E-state index in [0.29, 0.717) is 11.3 Å². The highest BCUT2D eigenvalue weighted by atomic mass is 35.5. The van der Waals surface area contributed by atoms with Gasteiger partial charge in [0.25, 0.3) is 0 Å². The summed E-state index contributed by atoms with van der Waals surface area (Å²) in [4.78, 5) is 0. The maximum absolute atomic E-state index is 12.7. The van der Waals surface area contributed by atoms with Gasteiger partial charge in [-0.05, 0) is 18.2 Å². The van der Waals surface area contributed by atoms with Gasteiger partial charge in [-0.1, -0.05) is 23.7 Å². The van der Waals surface area contributed by atoms with Crippen molar-refractivity contribution in [3.63, 3.8) is 0 Å². The average Bonchev–Trinajstić information content (AvgIpc) is 2.38. The number of benzene rings is 1. The van der Waals surface area contributed by atoms with E-state index >= 15 is 0 Å². The molecule has 1 aromatic carbocycles. The monoisotopic (exact) mass is 288 g/mol. The summed E-state index contributed by atoms with van der Waals surface area (Å²) >= 11 is 5.41. The van der Waals surface area contributed by atoms with Gasteiger partial charge in [0.2, 0.25) is 0 Å². The first-order chi connectivity index (χ1) is 8.91. The van der Waals surface area contributed by atoms with Crippen LogP contribution in [0.25, 0.3) is 11.3 Å². The predicted molar refractivity (Wildman–Crippen MR) is 64.0 cm³/mol. The maximum Gasteiger partial charge on any atom is 0.419 e. The lowest BCUT2D eigenvalue weighted by Crippen LogP contribution is -2.08. The SMILES string of the molecule is COc1cccc(-c2cc(C(F)(F)F)c(Cl)nn2)c1. The van der Waals surface area contributed by atoms with Gasteiger partial charge >= 0.3 is 6.18 Å². The van der Waals surface area contributed by atoms with Crippen LogP contribution in [0.4, 0.5) is 13.2 Å². The first-order valence-electron chi connectivity index (χ1n) is 5.16. The van der Waals surface area contributed by atoms with Crippen LogP contribution in [0.2, 0.25) is 5.15 Å². The summed E-state index contributed by atoms with van der Waals surface area (Å²) in [6.45, 7) is 0. The third kappa shape index (κ3) is 2.96. The molecule has 0 bridgehead atoms. The van der Waals surface area contributed by atoms with Crippen molar-refractivity contribution in [3.8, 4) is 17.0 Å². The van der Waals surface area contributed by atoms with Gasteiger partial charge in [0, 0.05) is 5.56 Å². The molecule has 0 aliphatic carbocycles. The number of halogens is 4. The summed E-state index contributed by atoms with van der Waals surface area (Å²) in [6, 6.07) is 7.37. The van der Waals surface area contributed by atoms with E-state index in [1.807, 2.05) is 0 Å². The summed E-state index contributed by atoms with van der Waals surface area (Å²) in [6.07, 6.45) is -4.57. The molecule has 19 heavy (non-hydrogen) atoms. The number of rotatable bonds is 2. The summed E-state index contributed by atoms with van der Waals surface area (Å²) in [7, 11) is 1.47. The van der Waals surface area contributed by atoms with Crippen LogP contribution in [0.3, 0.4) is 0 Å². The van der Waals surface area contributed by atoms with Crippen molar-refractivity contribution < 1.29 is 17.9 Å². The van der Waals surface area contributed by atoms with Crippen molar-refractivity contribution in [1.29, 1.82) is 0 Å². The zero-order chi connectivity index (χ0) is 14.0. The Kier molecular flexibility index (Phi) is 3.61. The van der Waals surface area contributed by atoms with Crippen LogP contribution in [0.5, 0.6) is 5.75 Å². The fourth-order valence-corrected chi connectivity index (χ4v) is 1.70. The van der Waals surface area contributed by atoms with Crippen LogP contribution < -0.4 is 4.74 Å². The number of ether oxygens (including phenoxy) is 1. The van der Waals surface area contributed by atoms with Crippen LogP contribution in [0.15, 0.2) is 30.3 Å². The molecule has 0 aliphatic heterocycles. The fraction of sp³-hybridized carbons (Fsp3) is 0.167. The van der Waals surface area contributed by atoms with Crippen molar-refractivity contribution in [2.45, 2.75) is 6.18 Å². The van der Waals surface area contributed by atoms with E-state index in [4.69, 9.17) is 16.3 Å². The molecule has 0 saturated carbocycles. The standard InChI is InChI=1S/C12H8ClF3N2O/c1-19-8-4-2-3-7(5-8)10-6-9(12(14,15)16)11(13)18-17-10/h2-6H,1H3. The Bertz CT molecular complexity index is 602. The van der Waals surface area contributed by atoms with Crippen LogP contribution in [-0.4, -0.2) is 17.3 Å². The Morgan fingerprint density at radius 1 is 1.16 bits per heavy atom. The molecule has 0 atom stereocenters. The molecule has 0 unspecified atom stereocenters. The van der Waals surface area contributed by atoms with E-state index in [1.165, 1.54) is 7.11 Å². The van der Waals surface area contributed by atoms with E-state index in [9.17, 15) is 13.2 Å². The van der Waals surface area contributed by atoms with Gasteiger partial charge in [0.15, 0.2) is 5.15 Å². The molecule has 0 aliphatic rings. The van der Waals surface area contributed by atoms with Crippen molar-refractivity contribution in [2.75, 3.05) is 7.11 Å². The quantitative estimate of drug-likeness (QED) is 0.842. The second-order valence-electron chi connectivity index (χ2n) is 3.66. The molecule has 100 valence electrons. The topological polar surface area (TPSA) is 35.0 Å². The number of methoxy groups -OCH3 is 1. The second kappa shape index (κ2) is 5.05. The summed E-state index contributed by atoms with van der Waals surface area (Å²) in [5.74, 6) is 0.516. The van der Waals surface area contributed by atoms with Crippen LogP contribution >= 0.6 is 11.6 Å². The highest BCUT2D eigenvalue weighted by Crippen LogP contribution is 2.35. The first-order valence-corrected chi connectivity index (χ1v) is 5.54. The van der Waals surface area contributed by atoms with Gasteiger partial charge in [-0.2, -0.15) is 13.2 Å². The smallest absolute Gasteiger partial charge is 0.419 e. The summed E-state index contributed by atoms with van der Waals surface area (Å²) in [5.41, 5.74) is -0.466. The average molecular weight is 289 g/mol. The molecule has 0 amide bonds. The second-order valence-corrected chi connectivity index (χ2v) is 4.02. The molecule has 7 heteroatoms. The normalized spacial score (nSPS) is 11.4. The number of hydrogen-bond acceptors (Lipinski definition) is 3. The molecule has 2 aromatic rings. The molecule has 0 fully saturated rings. The van der Waals surface area contributed by atoms with Gasteiger partial charge in [0.05, 0.1) is 18.4 Å². The minimum Gasteiger partial charge on any atom is -0.497 e. The number of alkyl halides is 3. The predicted octanol–water partition coefficient (Wildman–Crippen LogP) is 3.82. The number of nitrogens with zero attached hydrogens (tertiary/aromatic N) is 2. The lowest BCUT2D eigenvalue weighted by molar-refractivity contribution is -0.137. The van der Waals surface area contributed by atoms with Gasteiger partial charge in [0.1, 0.15) is 5.75 Å². The van der Waals surface area contributed by atoms with E-state index < -0.39 is 16.9 Å². The lowest BCUT2D eigenvalue weighted by Gasteiger charge is -2.09. The number of aromatic nitrogens is 2. The minimum absolute atomic E-state index is 0.0793. The Labute approximate surface area is 112 Å². The molecule has 1 heterocycles. The molecule has 0 spiro atoms. The van der Waals surface area contributed by atoms with Crippen molar-refractivity contribution in [2.24, 2.45) is 0 Å². The zero-order valence-corrected chi connectivity index (χ0v) is 10.5. The Balaban J connectivity index is 2.51. The minimum atomic E-state index is -4.57. The van der Waals surface area contributed by atoms with E-state index in [0.717, 1.165) is 6.07 Å². The Morgan fingerprint density at radius 2 is 1.89 bits per heavy atom. The van der Waals surface area contributed by atoms with Crippen molar-refractivity contribution in [1.82, 2.24) is 10.2 Å². The highest BCUT2D eigenvalue weighted by molar-refractivity contribution is 6.30. The summed E-state index contributed by atoms with van der Waals surface area (Å²) < 4.78 is 43.1. The van der Waals surface area contributed by atoms with Crippen LogP contribution in [-0.2, 0) is 6.18 Å². The van der Waals surface area contributed by atoms with Crippen LogP contribution in [0.1, 0.15) is 5.56 Å². The third-order valence-corrected chi connectivity index (χ3v) is 2.70. The van der Waals surface area contributed by atoms with Crippen molar-refractivity contribution in [3.05, 3.63) is 41.0 Å². The fourth-order valence-electron chi connectivity index (χ4n) is 1.50. The van der Waals surface area contributed by atoms with E-state index in [2.05, 4.69) is 10.2 Å². The van der Waals surface area contributed by atoms with E-state index in [1.54, 1.807) is 24.3 Å². The first kappa shape index (κ1) is 13.6. The molecule has 3 nitrogen and oxygen atoms in total. The highest BCUT2D eigenvalue weighted by Gasteiger charge is 2.34. The van der Waals surface area contributed by atoms with Crippen LogP contribution in [0, 0.1) is 0 Å². The lowest BCUT2D eigenvalue weighted by atomic mass is 10.1. The Morgan fingerprint density at radius 3 is 2.53 bits per heavy atom. The molecular weight excluding hydrogens is 281 g/mol. The molecule has 0 N–H and O–H groups in total. The molecule has 0 saturated heterocycles. The van der Waals surface area contributed by atoms with Gasteiger partial charge < -0.3 is 4.74 Å². The largest absolute Gasteiger partial charge is 0.497 e. The molecule has 1 aromatic heterocycles. The zero-order valence-electron chi connectivity index (χ0n) is 9.70. The molecule has 0 radical (unpaired) electrons. The Hall–Kier alpha value is -1.82. The maximum atomic E-state index is 12.7. The van der Waals surface area contributed by atoms with Crippen molar-refractivity contribution >= 4 is 11.6 Å². The molecule has 2 rings (SSSR count). The third-order valence-electron chi connectivity index (χ3n) is 2.42. The van der Waals surface area contributed by atoms with Gasteiger partial charge in [-0.3, -0.25) is 0 Å². The summed E-state index contributed by atoms with van der Waals surface area (Å²) in [5, 5.41) is 6.33. The van der Waals surface area contributed by atoms with E-state index in [-0.39, 0.29) is 5.69 Å². The van der Waals surface area contributed by atoms with Gasteiger partial charge in [-0.15, -0.1) is 10.2 Å².